The largest absolute Gasteiger partial charge is 0.497 e. The molecule has 22 heavy (non-hydrogen) atoms. The van der Waals surface area contributed by atoms with Gasteiger partial charge in [-0.25, -0.2) is 0 Å². The summed E-state index contributed by atoms with van der Waals surface area (Å²) in [4.78, 5) is 0. The van der Waals surface area contributed by atoms with Crippen LogP contribution in [0.4, 0.5) is 5.69 Å². The minimum absolute atomic E-state index is 0.219. The van der Waals surface area contributed by atoms with Crippen molar-refractivity contribution >= 4 is 23.0 Å². The van der Waals surface area contributed by atoms with Gasteiger partial charge in [-0.15, -0.1) is 0 Å². The number of hydrogen-bond acceptors (Lipinski definition) is 2. The maximum absolute atomic E-state index is 5.44. The summed E-state index contributed by atoms with van der Waals surface area (Å²) in [6.07, 6.45) is 2.12. The Morgan fingerprint density at radius 1 is 1.14 bits per heavy atom. The van der Waals surface area contributed by atoms with Crippen molar-refractivity contribution in [2.75, 3.05) is 12.4 Å². The highest BCUT2D eigenvalue weighted by molar-refractivity contribution is 7.80. The predicted octanol–water partition coefficient (Wildman–Crippen LogP) is 4.52. The lowest BCUT2D eigenvalue weighted by atomic mass is 10.0. The van der Waals surface area contributed by atoms with Crippen molar-refractivity contribution in [3.05, 3.63) is 60.2 Å². The maximum atomic E-state index is 5.44. The number of rotatable bonds is 6. The normalized spacial score (nSPS) is 11.5. The van der Waals surface area contributed by atoms with Crippen LogP contribution in [0.2, 0.25) is 0 Å². The standard InChI is InChI=1S/C18H22N2OS/c1-3-8-17(14-9-5-4-6-10-14)20-18(22)19-15-11-7-12-16(13-15)21-2/h4-7,9-13,17H,3,8H2,1-2H3,(H2,19,20,22)/t17-/m1/s1. The van der Waals surface area contributed by atoms with Gasteiger partial charge in [-0.05, 0) is 36.3 Å². The second-order valence-corrected chi connectivity index (χ2v) is 5.49. The van der Waals surface area contributed by atoms with Crippen LogP contribution in [0, 0.1) is 0 Å². The van der Waals surface area contributed by atoms with Crippen LogP contribution in [0.15, 0.2) is 54.6 Å². The van der Waals surface area contributed by atoms with Crippen molar-refractivity contribution in [1.29, 1.82) is 0 Å². The van der Waals surface area contributed by atoms with Crippen LogP contribution in [0.25, 0.3) is 0 Å². The molecule has 0 saturated carbocycles. The summed E-state index contributed by atoms with van der Waals surface area (Å²) >= 11 is 5.44. The summed E-state index contributed by atoms with van der Waals surface area (Å²) in [7, 11) is 1.66. The Hall–Kier alpha value is -2.07. The molecule has 0 amide bonds. The monoisotopic (exact) mass is 314 g/mol. The summed E-state index contributed by atoms with van der Waals surface area (Å²) in [5, 5.41) is 7.24. The van der Waals surface area contributed by atoms with Crippen molar-refractivity contribution in [3.63, 3.8) is 0 Å². The van der Waals surface area contributed by atoms with Crippen LogP contribution >= 0.6 is 12.2 Å². The van der Waals surface area contributed by atoms with Crippen LogP contribution in [0.1, 0.15) is 31.4 Å². The molecule has 0 unspecified atom stereocenters. The van der Waals surface area contributed by atoms with Gasteiger partial charge in [0.2, 0.25) is 0 Å². The lowest BCUT2D eigenvalue weighted by Gasteiger charge is -2.21. The number of ether oxygens (including phenoxy) is 1. The molecule has 0 aliphatic heterocycles. The number of benzene rings is 2. The smallest absolute Gasteiger partial charge is 0.171 e. The molecule has 0 aliphatic rings. The fraction of sp³-hybridized carbons (Fsp3) is 0.278. The van der Waals surface area contributed by atoms with Crippen LogP contribution in [-0.2, 0) is 0 Å². The van der Waals surface area contributed by atoms with Gasteiger partial charge in [0, 0.05) is 11.8 Å². The highest BCUT2D eigenvalue weighted by Gasteiger charge is 2.11. The number of methoxy groups -OCH3 is 1. The summed E-state index contributed by atoms with van der Waals surface area (Å²) in [6, 6.07) is 18.3. The number of anilines is 1. The molecule has 0 aliphatic carbocycles. The Labute approximate surface area is 137 Å². The highest BCUT2D eigenvalue weighted by Crippen LogP contribution is 2.20. The maximum Gasteiger partial charge on any atom is 0.171 e. The first kappa shape index (κ1) is 16.3. The first-order valence-corrected chi connectivity index (χ1v) is 7.90. The third-order valence-corrected chi connectivity index (χ3v) is 3.63. The van der Waals surface area contributed by atoms with E-state index in [1.165, 1.54) is 5.56 Å². The van der Waals surface area contributed by atoms with Gasteiger partial charge in [0.15, 0.2) is 5.11 Å². The molecule has 2 aromatic rings. The molecule has 0 saturated heterocycles. The van der Waals surface area contributed by atoms with Gasteiger partial charge < -0.3 is 15.4 Å². The Morgan fingerprint density at radius 3 is 2.59 bits per heavy atom. The van der Waals surface area contributed by atoms with Gasteiger partial charge in [0.25, 0.3) is 0 Å². The van der Waals surface area contributed by atoms with Crippen molar-refractivity contribution in [3.8, 4) is 5.75 Å². The second kappa shape index (κ2) is 8.39. The van der Waals surface area contributed by atoms with Gasteiger partial charge in [-0.2, -0.15) is 0 Å². The first-order valence-electron chi connectivity index (χ1n) is 7.49. The SMILES string of the molecule is CCC[C@@H](NC(=S)Nc1cccc(OC)c1)c1ccccc1. The van der Waals surface area contributed by atoms with E-state index in [2.05, 4.69) is 41.8 Å². The molecule has 0 heterocycles. The number of thiocarbonyl (C=S) groups is 1. The second-order valence-electron chi connectivity index (χ2n) is 5.08. The van der Waals surface area contributed by atoms with Gasteiger partial charge in [0.05, 0.1) is 13.2 Å². The molecule has 2 rings (SSSR count). The molecular weight excluding hydrogens is 292 g/mol. The molecular formula is C18H22N2OS. The van der Waals surface area contributed by atoms with E-state index in [0.29, 0.717) is 5.11 Å². The van der Waals surface area contributed by atoms with Gasteiger partial charge >= 0.3 is 0 Å². The zero-order valence-electron chi connectivity index (χ0n) is 13.0. The number of hydrogen-bond donors (Lipinski definition) is 2. The quantitative estimate of drug-likeness (QED) is 0.768. The Kier molecular flexibility index (Phi) is 6.22. The average molecular weight is 314 g/mol. The van der Waals surface area contributed by atoms with Crippen LogP contribution in [0.3, 0.4) is 0 Å². The van der Waals surface area contributed by atoms with E-state index in [0.717, 1.165) is 24.3 Å². The van der Waals surface area contributed by atoms with E-state index in [4.69, 9.17) is 17.0 Å². The Balaban J connectivity index is 2.02. The third-order valence-electron chi connectivity index (χ3n) is 3.41. The van der Waals surface area contributed by atoms with E-state index in [-0.39, 0.29) is 6.04 Å². The van der Waals surface area contributed by atoms with Gasteiger partial charge in [-0.3, -0.25) is 0 Å². The molecule has 4 heteroatoms. The molecule has 1 atom stereocenters. The van der Waals surface area contributed by atoms with Crippen molar-refractivity contribution < 1.29 is 4.74 Å². The van der Waals surface area contributed by atoms with E-state index >= 15 is 0 Å². The fourth-order valence-corrected chi connectivity index (χ4v) is 2.58. The van der Waals surface area contributed by atoms with Crippen molar-refractivity contribution in [1.82, 2.24) is 5.32 Å². The fourth-order valence-electron chi connectivity index (χ4n) is 2.32. The minimum Gasteiger partial charge on any atom is -0.497 e. The molecule has 2 aromatic carbocycles. The van der Waals surface area contributed by atoms with E-state index in [1.54, 1.807) is 7.11 Å². The van der Waals surface area contributed by atoms with Crippen molar-refractivity contribution in [2.45, 2.75) is 25.8 Å². The average Bonchev–Trinajstić information content (AvgIpc) is 2.55. The number of nitrogens with one attached hydrogen (secondary N) is 2. The zero-order chi connectivity index (χ0) is 15.8. The lowest BCUT2D eigenvalue weighted by Crippen LogP contribution is -2.32. The molecule has 0 radical (unpaired) electrons. The Morgan fingerprint density at radius 2 is 1.91 bits per heavy atom. The molecule has 116 valence electrons. The van der Waals surface area contributed by atoms with Crippen LogP contribution < -0.4 is 15.4 Å². The molecule has 0 bridgehead atoms. The molecule has 0 aromatic heterocycles. The zero-order valence-corrected chi connectivity index (χ0v) is 13.8. The topological polar surface area (TPSA) is 33.3 Å². The van der Waals surface area contributed by atoms with Gasteiger partial charge in [0.1, 0.15) is 5.75 Å². The predicted molar refractivity (Wildman–Crippen MR) is 96.4 cm³/mol. The summed E-state index contributed by atoms with van der Waals surface area (Å²) in [5.74, 6) is 0.806. The van der Waals surface area contributed by atoms with E-state index in [9.17, 15) is 0 Å². The molecule has 3 nitrogen and oxygen atoms in total. The van der Waals surface area contributed by atoms with Gasteiger partial charge in [-0.1, -0.05) is 49.7 Å². The first-order chi connectivity index (χ1) is 10.7. The Bertz CT molecular complexity index is 601. The summed E-state index contributed by atoms with van der Waals surface area (Å²) in [5.41, 5.74) is 2.17. The van der Waals surface area contributed by atoms with Crippen LogP contribution in [0.5, 0.6) is 5.75 Å². The molecule has 0 fully saturated rings. The molecule has 2 N–H and O–H groups in total. The third kappa shape index (κ3) is 4.74. The van der Waals surface area contributed by atoms with E-state index in [1.807, 2.05) is 30.3 Å². The summed E-state index contributed by atoms with van der Waals surface area (Å²) < 4.78 is 5.22. The van der Waals surface area contributed by atoms with Crippen molar-refractivity contribution in [2.24, 2.45) is 0 Å². The van der Waals surface area contributed by atoms with Crippen LogP contribution in [-0.4, -0.2) is 12.2 Å². The highest BCUT2D eigenvalue weighted by atomic mass is 32.1. The minimum atomic E-state index is 0.219. The molecule has 0 spiro atoms. The lowest BCUT2D eigenvalue weighted by molar-refractivity contribution is 0.415. The van der Waals surface area contributed by atoms with E-state index < -0.39 is 0 Å². The summed E-state index contributed by atoms with van der Waals surface area (Å²) in [6.45, 7) is 2.18.